The molecule has 2 aromatic rings. The average Bonchev–Trinajstić information content (AvgIpc) is 2.38. The number of hydrogen-bond donors (Lipinski definition) is 1. The highest BCUT2D eigenvalue weighted by atomic mass is 35.5. The van der Waals surface area contributed by atoms with E-state index in [-0.39, 0.29) is 12.2 Å². The van der Waals surface area contributed by atoms with Gasteiger partial charge in [-0.1, -0.05) is 29.3 Å². The lowest BCUT2D eigenvalue weighted by Gasteiger charge is -2.08. The van der Waals surface area contributed by atoms with E-state index in [0.717, 1.165) is 0 Å². The molecule has 0 bridgehead atoms. The van der Waals surface area contributed by atoms with Crippen LogP contribution in [-0.4, -0.2) is 5.91 Å². The minimum Gasteiger partial charge on any atom is -0.618 e. The Morgan fingerprint density at radius 2 is 1.84 bits per heavy atom. The predicted octanol–water partition coefficient (Wildman–Crippen LogP) is 2.56. The molecule has 2 rings (SSSR count). The minimum atomic E-state index is -0.480. The number of hydrogen-bond acceptors (Lipinski definition) is 2. The zero-order valence-corrected chi connectivity index (χ0v) is 11.3. The number of amides is 1. The number of carbonyl (C=O) groups excluding carboxylic acids is 1. The Morgan fingerprint density at radius 1 is 1.16 bits per heavy atom. The molecule has 1 heterocycles. The third-order valence-electron chi connectivity index (χ3n) is 2.54. The summed E-state index contributed by atoms with van der Waals surface area (Å²) in [6.07, 6.45) is 1.26. The molecule has 0 fully saturated rings. The van der Waals surface area contributed by atoms with Gasteiger partial charge in [0.1, 0.15) is 0 Å². The zero-order chi connectivity index (χ0) is 13.8. The number of halogens is 2. The van der Waals surface area contributed by atoms with Crippen LogP contribution in [0.5, 0.6) is 0 Å². The molecule has 0 aliphatic rings. The molecule has 6 heteroatoms. The predicted molar refractivity (Wildman–Crippen MR) is 73.0 cm³/mol. The molecule has 0 radical (unpaired) electrons. The Balaban J connectivity index is 2.11. The normalized spacial score (nSPS) is 10.2. The van der Waals surface area contributed by atoms with Crippen LogP contribution >= 0.6 is 23.2 Å². The highest BCUT2D eigenvalue weighted by molar-refractivity contribution is 6.36. The Labute approximate surface area is 120 Å². The molecule has 1 aromatic heterocycles. The van der Waals surface area contributed by atoms with Gasteiger partial charge in [-0.15, -0.1) is 0 Å². The highest BCUT2D eigenvalue weighted by Crippen LogP contribution is 2.23. The number of rotatable bonds is 3. The summed E-state index contributed by atoms with van der Waals surface area (Å²) in [7, 11) is 0. The van der Waals surface area contributed by atoms with Crippen LogP contribution in [0.4, 0.5) is 0 Å². The lowest BCUT2D eigenvalue weighted by molar-refractivity contribution is -0.607. The van der Waals surface area contributed by atoms with E-state index >= 15 is 0 Å². The molecule has 98 valence electrons. The zero-order valence-electron chi connectivity index (χ0n) is 9.77. The van der Waals surface area contributed by atoms with E-state index in [1.54, 1.807) is 30.3 Å². The van der Waals surface area contributed by atoms with Crippen LogP contribution in [0.25, 0.3) is 0 Å². The first kappa shape index (κ1) is 13.6. The van der Waals surface area contributed by atoms with Crippen molar-refractivity contribution in [2.24, 2.45) is 0 Å². The maximum atomic E-state index is 11.8. The molecule has 19 heavy (non-hydrogen) atoms. The maximum Gasteiger partial charge on any atom is 0.317 e. The number of benzene rings is 1. The molecule has 0 saturated heterocycles. The average molecular weight is 297 g/mol. The van der Waals surface area contributed by atoms with Crippen LogP contribution in [0.3, 0.4) is 0 Å². The van der Waals surface area contributed by atoms with Crippen LogP contribution in [-0.2, 0) is 6.54 Å². The van der Waals surface area contributed by atoms with E-state index in [1.807, 2.05) is 0 Å². The molecule has 1 amide bonds. The van der Waals surface area contributed by atoms with Crippen molar-refractivity contribution in [1.82, 2.24) is 5.32 Å². The van der Waals surface area contributed by atoms with Crippen molar-refractivity contribution in [3.05, 3.63) is 69.1 Å². The first-order valence-corrected chi connectivity index (χ1v) is 6.24. The lowest BCUT2D eigenvalue weighted by Crippen LogP contribution is -2.38. The Morgan fingerprint density at radius 3 is 2.47 bits per heavy atom. The lowest BCUT2D eigenvalue weighted by atomic mass is 10.2. The molecule has 0 aliphatic carbocycles. The second-order valence-corrected chi connectivity index (χ2v) is 4.61. The van der Waals surface area contributed by atoms with Crippen LogP contribution in [0, 0.1) is 5.21 Å². The number of nitrogens with one attached hydrogen (secondary N) is 1. The molecule has 0 atom stereocenters. The molecule has 0 aliphatic heterocycles. The monoisotopic (exact) mass is 296 g/mol. The van der Waals surface area contributed by atoms with Gasteiger partial charge < -0.3 is 10.5 Å². The van der Waals surface area contributed by atoms with Gasteiger partial charge in [0.05, 0.1) is 0 Å². The van der Waals surface area contributed by atoms with Crippen molar-refractivity contribution in [3.63, 3.8) is 0 Å². The van der Waals surface area contributed by atoms with Crippen LogP contribution < -0.4 is 10.0 Å². The number of pyridine rings is 1. The molecule has 0 saturated carbocycles. The quantitative estimate of drug-likeness (QED) is 0.699. The fourth-order valence-electron chi connectivity index (χ4n) is 1.56. The van der Waals surface area contributed by atoms with Gasteiger partial charge >= 0.3 is 5.91 Å². The van der Waals surface area contributed by atoms with Gasteiger partial charge in [0.25, 0.3) is 5.69 Å². The second kappa shape index (κ2) is 5.91. The summed E-state index contributed by atoms with van der Waals surface area (Å²) < 4.78 is 0.504. The van der Waals surface area contributed by atoms with Crippen LogP contribution in [0.15, 0.2) is 42.6 Å². The van der Waals surface area contributed by atoms with E-state index in [1.165, 1.54) is 12.3 Å². The van der Waals surface area contributed by atoms with E-state index in [9.17, 15) is 10.0 Å². The first-order valence-electron chi connectivity index (χ1n) is 5.49. The summed E-state index contributed by atoms with van der Waals surface area (Å²) in [5, 5.41) is 15.0. The van der Waals surface area contributed by atoms with E-state index in [4.69, 9.17) is 23.2 Å². The number of carbonyl (C=O) groups is 1. The van der Waals surface area contributed by atoms with Crippen molar-refractivity contribution in [1.29, 1.82) is 0 Å². The van der Waals surface area contributed by atoms with Crippen LogP contribution in [0.1, 0.15) is 16.1 Å². The molecular weight excluding hydrogens is 287 g/mol. The first-order chi connectivity index (χ1) is 9.09. The van der Waals surface area contributed by atoms with Crippen molar-refractivity contribution in [2.45, 2.75) is 6.54 Å². The molecule has 0 spiro atoms. The van der Waals surface area contributed by atoms with Gasteiger partial charge in [-0.25, -0.2) is 0 Å². The Bertz CT molecular complexity index is 597. The standard InChI is InChI=1S/C13H10Cl2N2O2/c14-10-4-3-5-11(15)9(10)8-16-13(18)12-6-1-2-7-17(12)19/h1-7H,8H2,(H,16,18). The fourth-order valence-corrected chi connectivity index (χ4v) is 2.10. The minimum absolute atomic E-state index is 0.0191. The molecule has 0 unspecified atom stereocenters. The summed E-state index contributed by atoms with van der Waals surface area (Å²) in [5.41, 5.74) is 0.637. The summed E-state index contributed by atoms with van der Waals surface area (Å²) in [6, 6.07) is 9.70. The van der Waals surface area contributed by atoms with Crippen molar-refractivity contribution >= 4 is 29.1 Å². The van der Waals surface area contributed by atoms with Gasteiger partial charge in [-0.05, 0) is 18.2 Å². The van der Waals surface area contributed by atoms with Gasteiger partial charge in [0, 0.05) is 34.3 Å². The highest BCUT2D eigenvalue weighted by Gasteiger charge is 2.15. The van der Waals surface area contributed by atoms with Gasteiger partial charge in [0.15, 0.2) is 6.20 Å². The maximum absolute atomic E-state index is 11.8. The third kappa shape index (κ3) is 3.16. The molecular formula is C13H10Cl2N2O2. The largest absolute Gasteiger partial charge is 0.618 e. The number of nitrogens with zero attached hydrogens (tertiary/aromatic N) is 1. The van der Waals surface area contributed by atoms with Crippen molar-refractivity contribution in [3.8, 4) is 0 Å². The van der Waals surface area contributed by atoms with E-state index in [0.29, 0.717) is 20.3 Å². The summed E-state index contributed by atoms with van der Waals surface area (Å²) >= 11 is 12.0. The number of aromatic nitrogens is 1. The molecule has 4 nitrogen and oxygen atoms in total. The Kier molecular flexibility index (Phi) is 4.24. The van der Waals surface area contributed by atoms with Crippen molar-refractivity contribution < 1.29 is 9.52 Å². The molecule has 1 N–H and O–H groups in total. The van der Waals surface area contributed by atoms with E-state index in [2.05, 4.69) is 5.32 Å². The Hall–Kier alpha value is -1.78. The fraction of sp³-hybridized carbons (Fsp3) is 0.0769. The summed E-state index contributed by atoms with van der Waals surface area (Å²) in [4.78, 5) is 11.8. The SMILES string of the molecule is O=C(NCc1c(Cl)cccc1Cl)c1cccc[n+]1[O-]. The van der Waals surface area contributed by atoms with Crippen LogP contribution in [0.2, 0.25) is 10.0 Å². The summed E-state index contributed by atoms with van der Waals surface area (Å²) in [6.45, 7) is 0.159. The van der Waals surface area contributed by atoms with Gasteiger partial charge in [-0.2, -0.15) is 4.73 Å². The molecule has 1 aromatic carbocycles. The third-order valence-corrected chi connectivity index (χ3v) is 3.25. The smallest absolute Gasteiger partial charge is 0.317 e. The second-order valence-electron chi connectivity index (χ2n) is 3.79. The van der Waals surface area contributed by atoms with E-state index < -0.39 is 5.91 Å². The van der Waals surface area contributed by atoms with Gasteiger partial charge in [-0.3, -0.25) is 4.79 Å². The van der Waals surface area contributed by atoms with Gasteiger partial charge in [0.2, 0.25) is 0 Å². The summed E-state index contributed by atoms with van der Waals surface area (Å²) in [5.74, 6) is -0.480. The topological polar surface area (TPSA) is 56.0 Å². The van der Waals surface area contributed by atoms with Crippen molar-refractivity contribution in [2.75, 3.05) is 0 Å².